The van der Waals surface area contributed by atoms with Crippen molar-refractivity contribution in [2.45, 2.75) is 42.9 Å². The minimum atomic E-state index is -3.23. The zero-order valence-electron chi connectivity index (χ0n) is 9.43. The Labute approximate surface area is 101 Å². The van der Waals surface area contributed by atoms with Crippen molar-refractivity contribution in [3.8, 4) is 0 Å². The number of sulfonamides is 1. The lowest BCUT2D eigenvalue weighted by Gasteiger charge is -2.33. The second kappa shape index (κ2) is 4.85. The molecule has 0 N–H and O–H groups in total. The van der Waals surface area contributed by atoms with E-state index in [0.717, 1.165) is 25.7 Å². The largest absolute Gasteiger partial charge is 0.252 e. The Hall–Kier alpha value is -0.390. The SMILES string of the molecule is CC[C@H]1CCCCN1S(=O)(=O)c1cccs1. The van der Waals surface area contributed by atoms with Crippen LogP contribution in [0.25, 0.3) is 0 Å². The predicted octanol–water partition coefficient (Wildman–Crippen LogP) is 2.70. The first-order chi connectivity index (χ1) is 7.66. The highest BCUT2D eigenvalue weighted by Crippen LogP contribution is 2.28. The quantitative estimate of drug-likeness (QED) is 0.837. The van der Waals surface area contributed by atoms with Gasteiger partial charge in [0.05, 0.1) is 0 Å². The van der Waals surface area contributed by atoms with Crippen LogP contribution >= 0.6 is 11.3 Å². The fourth-order valence-corrected chi connectivity index (χ4v) is 5.11. The van der Waals surface area contributed by atoms with Crippen LogP contribution in [0.2, 0.25) is 0 Å². The molecule has 5 heteroatoms. The molecule has 1 aliphatic heterocycles. The van der Waals surface area contributed by atoms with E-state index in [1.165, 1.54) is 11.3 Å². The van der Waals surface area contributed by atoms with E-state index < -0.39 is 10.0 Å². The lowest BCUT2D eigenvalue weighted by molar-refractivity contribution is 0.247. The van der Waals surface area contributed by atoms with Crippen LogP contribution in [-0.2, 0) is 10.0 Å². The molecule has 0 aliphatic carbocycles. The van der Waals surface area contributed by atoms with Crippen LogP contribution in [0, 0.1) is 0 Å². The molecule has 1 atom stereocenters. The van der Waals surface area contributed by atoms with E-state index in [9.17, 15) is 8.42 Å². The van der Waals surface area contributed by atoms with Crippen LogP contribution in [0.5, 0.6) is 0 Å². The summed E-state index contributed by atoms with van der Waals surface area (Å²) < 4.78 is 26.9. The highest BCUT2D eigenvalue weighted by Gasteiger charge is 2.32. The summed E-state index contributed by atoms with van der Waals surface area (Å²) in [5, 5.41) is 1.82. The number of hydrogen-bond acceptors (Lipinski definition) is 3. The van der Waals surface area contributed by atoms with Crippen molar-refractivity contribution in [3.05, 3.63) is 17.5 Å². The summed E-state index contributed by atoms with van der Waals surface area (Å²) in [4.78, 5) is 0. The van der Waals surface area contributed by atoms with Gasteiger partial charge in [-0.15, -0.1) is 11.3 Å². The number of hydrogen-bond donors (Lipinski definition) is 0. The Bertz CT molecular complexity index is 425. The minimum Gasteiger partial charge on any atom is -0.206 e. The molecule has 16 heavy (non-hydrogen) atoms. The topological polar surface area (TPSA) is 37.4 Å². The highest BCUT2D eigenvalue weighted by molar-refractivity contribution is 7.91. The molecule has 1 fully saturated rings. The Balaban J connectivity index is 2.28. The molecule has 1 aliphatic rings. The summed E-state index contributed by atoms with van der Waals surface area (Å²) in [5.41, 5.74) is 0. The second-order valence-electron chi connectivity index (χ2n) is 4.11. The maximum atomic E-state index is 12.4. The maximum Gasteiger partial charge on any atom is 0.252 e. The fourth-order valence-electron chi connectivity index (χ4n) is 2.22. The molecule has 2 rings (SSSR count). The van der Waals surface area contributed by atoms with Crippen molar-refractivity contribution in [1.29, 1.82) is 0 Å². The molecule has 1 aromatic heterocycles. The molecule has 0 bridgehead atoms. The smallest absolute Gasteiger partial charge is 0.206 e. The van der Waals surface area contributed by atoms with Crippen LogP contribution in [0.15, 0.2) is 21.7 Å². The van der Waals surface area contributed by atoms with Gasteiger partial charge in [-0.1, -0.05) is 19.4 Å². The zero-order valence-corrected chi connectivity index (χ0v) is 11.1. The molecule has 3 nitrogen and oxygen atoms in total. The lowest BCUT2D eigenvalue weighted by Crippen LogP contribution is -2.42. The van der Waals surface area contributed by atoms with E-state index in [2.05, 4.69) is 6.92 Å². The highest BCUT2D eigenvalue weighted by atomic mass is 32.2. The summed E-state index contributed by atoms with van der Waals surface area (Å²) in [5.74, 6) is 0. The molecule has 0 spiro atoms. The lowest BCUT2D eigenvalue weighted by atomic mass is 10.0. The number of piperidine rings is 1. The van der Waals surface area contributed by atoms with Crippen molar-refractivity contribution >= 4 is 21.4 Å². The number of thiophene rings is 1. The Morgan fingerprint density at radius 3 is 2.94 bits per heavy atom. The van der Waals surface area contributed by atoms with Gasteiger partial charge in [-0.05, 0) is 30.7 Å². The van der Waals surface area contributed by atoms with Crippen molar-refractivity contribution in [3.63, 3.8) is 0 Å². The van der Waals surface area contributed by atoms with Gasteiger partial charge in [0.1, 0.15) is 4.21 Å². The first kappa shape index (κ1) is 12.1. The van der Waals surface area contributed by atoms with Gasteiger partial charge in [-0.3, -0.25) is 0 Å². The van der Waals surface area contributed by atoms with Gasteiger partial charge < -0.3 is 0 Å². The van der Waals surface area contributed by atoms with E-state index in [1.807, 2.05) is 5.38 Å². The van der Waals surface area contributed by atoms with Crippen LogP contribution in [0.1, 0.15) is 32.6 Å². The summed E-state index contributed by atoms with van der Waals surface area (Å²) in [6, 6.07) is 3.69. The van der Waals surface area contributed by atoms with Crippen molar-refractivity contribution in [2.24, 2.45) is 0 Å². The zero-order chi connectivity index (χ0) is 11.6. The van der Waals surface area contributed by atoms with Crippen LogP contribution < -0.4 is 0 Å². The predicted molar refractivity (Wildman–Crippen MR) is 66.1 cm³/mol. The molecule has 0 amide bonds. The third-order valence-corrected chi connectivity index (χ3v) is 6.43. The fraction of sp³-hybridized carbons (Fsp3) is 0.636. The molecule has 2 heterocycles. The monoisotopic (exact) mass is 259 g/mol. The normalized spacial score (nSPS) is 23.4. The molecule has 0 saturated carbocycles. The Kier molecular flexibility index (Phi) is 3.66. The molecule has 1 aromatic rings. The molecule has 0 unspecified atom stereocenters. The first-order valence-corrected chi connectivity index (χ1v) is 8.03. The molecular formula is C11H17NO2S2. The standard InChI is InChI=1S/C11H17NO2S2/c1-2-10-6-3-4-8-12(10)16(13,14)11-7-5-9-15-11/h5,7,9-10H,2-4,6,8H2,1H3/t10-/m0/s1. The summed E-state index contributed by atoms with van der Waals surface area (Å²) in [6.45, 7) is 2.74. The second-order valence-corrected chi connectivity index (χ2v) is 7.17. The molecule has 0 aromatic carbocycles. The third-order valence-electron chi connectivity index (χ3n) is 3.10. The average Bonchev–Trinajstić information content (AvgIpc) is 2.83. The van der Waals surface area contributed by atoms with Gasteiger partial charge in [0, 0.05) is 12.6 Å². The van der Waals surface area contributed by atoms with Gasteiger partial charge in [0.2, 0.25) is 0 Å². The van der Waals surface area contributed by atoms with Crippen molar-refractivity contribution in [2.75, 3.05) is 6.54 Å². The Morgan fingerprint density at radius 2 is 2.31 bits per heavy atom. The number of rotatable bonds is 3. The molecule has 90 valence electrons. The van der Waals surface area contributed by atoms with E-state index in [0.29, 0.717) is 10.8 Å². The van der Waals surface area contributed by atoms with Crippen LogP contribution in [0.4, 0.5) is 0 Å². The summed E-state index contributed by atoms with van der Waals surface area (Å²) in [6.07, 6.45) is 4.04. The molecular weight excluding hydrogens is 242 g/mol. The average molecular weight is 259 g/mol. The molecule has 1 saturated heterocycles. The van der Waals surface area contributed by atoms with E-state index >= 15 is 0 Å². The van der Waals surface area contributed by atoms with Gasteiger partial charge >= 0.3 is 0 Å². The summed E-state index contributed by atoms with van der Waals surface area (Å²) >= 11 is 1.31. The summed E-state index contributed by atoms with van der Waals surface area (Å²) in [7, 11) is -3.23. The van der Waals surface area contributed by atoms with Gasteiger partial charge in [0.15, 0.2) is 0 Å². The van der Waals surface area contributed by atoms with E-state index in [-0.39, 0.29) is 6.04 Å². The van der Waals surface area contributed by atoms with E-state index in [4.69, 9.17) is 0 Å². The molecule has 0 radical (unpaired) electrons. The van der Waals surface area contributed by atoms with Gasteiger partial charge in [0.25, 0.3) is 10.0 Å². The van der Waals surface area contributed by atoms with Crippen molar-refractivity contribution in [1.82, 2.24) is 4.31 Å². The third kappa shape index (κ3) is 2.17. The van der Waals surface area contributed by atoms with Crippen LogP contribution in [-0.4, -0.2) is 25.3 Å². The number of nitrogens with zero attached hydrogens (tertiary/aromatic N) is 1. The van der Waals surface area contributed by atoms with Crippen molar-refractivity contribution < 1.29 is 8.42 Å². The maximum absolute atomic E-state index is 12.4. The van der Waals surface area contributed by atoms with Gasteiger partial charge in [-0.25, -0.2) is 8.42 Å². The first-order valence-electron chi connectivity index (χ1n) is 5.71. The van der Waals surface area contributed by atoms with Crippen LogP contribution in [0.3, 0.4) is 0 Å². The minimum absolute atomic E-state index is 0.195. The van der Waals surface area contributed by atoms with Gasteiger partial charge in [-0.2, -0.15) is 4.31 Å². The Morgan fingerprint density at radius 1 is 1.50 bits per heavy atom. The van der Waals surface area contributed by atoms with E-state index in [1.54, 1.807) is 16.4 Å².